The lowest BCUT2D eigenvalue weighted by Gasteiger charge is -2.34. The molecule has 5 nitrogen and oxygen atoms in total. The van der Waals surface area contributed by atoms with Crippen LogP contribution in [0.4, 0.5) is 11.4 Å². The lowest BCUT2D eigenvalue weighted by Crippen LogP contribution is -2.36. The van der Waals surface area contributed by atoms with E-state index in [1.54, 1.807) is 11.3 Å². The van der Waals surface area contributed by atoms with Gasteiger partial charge >= 0.3 is 0 Å². The lowest BCUT2D eigenvalue weighted by atomic mass is 9.96. The molecule has 3 N–H and O–H groups in total. The Morgan fingerprint density at radius 2 is 2.00 bits per heavy atom. The first kappa shape index (κ1) is 18.2. The zero-order valence-corrected chi connectivity index (χ0v) is 16.6. The molecule has 1 aliphatic rings. The summed E-state index contributed by atoms with van der Waals surface area (Å²) in [5.74, 6) is 0.437. The fraction of sp³-hybridized carbons (Fsp3) is 0.300. The predicted molar refractivity (Wildman–Crippen MR) is 114 cm³/mol. The summed E-state index contributed by atoms with van der Waals surface area (Å²) in [7, 11) is 0. The number of benzene rings is 1. The average Bonchev–Trinajstić information content (AvgIpc) is 3.40. The molecule has 140 valence electrons. The molecule has 0 spiro atoms. The van der Waals surface area contributed by atoms with Crippen molar-refractivity contribution < 1.29 is 4.79 Å². The van der Waals surface area contributed by atoms with Crippen LogP contribution in [0.1, 0.15) is 23.3 Å². The third-order valence-electron chi connectivity index (χ3n) is 4.91. The van der Waals surface area contributed by atoms with E-state index in [9.17, 15) is 4.79 Å². The minimum Gasteiger partial charge on any atom is -0.370 e. The molecular formula is C20H22N4OS2. The SMILES string of the molecule is NCC1CCN(c2ccccc2NC(=O)c2csc(-c3cccs3)n2)CC1. The predicted octanol–water partition coefficient (Wildman–Crippen LogP) is 4.30. The van der Waals surface area contributed by atoms with E-state index >= 15 is 0 Å². The van der Waals surface area contributed by atoms with Crippen molar-refractivity contribution in [3.63, 3.8) is 0 Å². The quantitative estimate of drug-likeness (QED) is 0.672. The van der Waals surface area contributed by atoms with Crippen LogP contribution in [0.25, 0.3) is 9.88 Å². The van der Waals surface area contributed by atoms with Gasteiger partial charge in [-0.1, -0.05) is 18.2 Å². The van der Waals surface area contributed by atoms with Gasteiger partial charge in [-0.05, 0) is 48.9 Å². The fourth-order valence-corrected chi connectivity index (χ4v) is 4.96. The number of carbonyl (C=O) groups excluding carboxylic acids is 1. The highest BCUT2D eigenvalue weighted by atomic mass is 32.1. The number of amides is 1. The summed E-state index contributed by atoms with van der Waals surface area (Å²) in [4.78, 5) is 20.7. The molecule has 0 saturated carbocycles. The molecular weight excluding hydrogens is 376 g/mol. The Kier molecular flexibility index (Phi) is 5.52. The maximum atomic E-state index is 12.7. The topological polar surface area (TPSA) is 71.2 Å². The number of thiophene rings is 1. The number of nitrogens with one attached hydrogen (secondary N) is 1. The van der Waals surface area contributed by atoms with Gasteiger partial charge in [-0.15, -0.1) is 22.7 Å². The Morgan fingerprint density at radius 1 is 1.19 bits per heavy atom. The van der Waals surface area contributed by atoms with Crippen LogP contribution in [0.2, 0.25) is 0 Å². The van der Waals surface area contributed by atoms with E-state index in [4.69, 9.17) is 5.73 Å². The van der Waals surface area contributed by atoms with Gasteiger partial charge in [-0.3, -0.25) is 4.79 Å². The standard InChI is InChI=1S/C20H22N4OS2/c21-12-14-7-9-24(10-8-14)17-5-2-1-4-15(17)22-19(25)16-13-27-20(23-16)18-6-3-11-26-18/h1-6,11,13-14H,7-10,12,21H2,(H,22,25). The van der Waals surface area contributed by atoms with Gasteiger partial charge < -0.3 is 16.0 Å². The van der Waals surface area contributed by atoms with Crippen molar-refractivity contribution in [3.05, 3.63) is 52.9 Å². The van der Waals surface area contributed by atoms with Crippen molar-refractivity contribution in [2.75, 3.05) is 29.9 Å². The number of rotatable bonds is 5. The van der Waals surface area contributed by atoms with E-state index in [-0.39, 0.29) is 5.91 Å². The van der Waals surface area contributed by atoms with Gasteiger partial charge in [-0.25, -0.2) is 4.98 Å². The molecule has 2 aromatic heterocycles. The molecule has 0 atom stereocenters. The first-order valence-corrected chi connectivity index (χ1v) is 10.9. The molecule has 0 aliphatic carbocycles. The zero-order chi connectivity index (χ0) is 18.6. The highest BCUT2D eigenvalue weighted by molar-refractivity contribution is 7.20. The molecule has 1 saturated heterocycles. The second kappa shape index (κ2) is 8.21. The van der Waals surface area contributed by atoms with E-state index in [0.717, 1.165) is 53.7 Å². The Bertz CT molecular complexity index is 898. The summed E-state index contributed by atoms with van der Waals surface area (Å²) in [5, 5.41) is 7.77. The molecule has 1 aromatic carbocycles. The Morgan fingerprint density at radius 3 is 2.74 bits per heavy atom. The summed E-state index contributed by atoms with van der Waals surface area (Å²) in [6.07, 6.45) is 2.18. The van der Waals surface area contributed by atoms with E-state index in [0.29, 0.717) is 11.6 Å². The lowest BCUT2D eigenvalue weighted by molar-refractivity contribution is 0.102. The third kappa shape index (κ3) is 4.05. The second-order valence-corrected chi connectivity index (χ2v) is 8.46. The molecule has 3 heterocycles. The van der Waals surface area contributed by atoms with Crippen molar-refractivity contribution >= 4 is 40.0 Å². The number of carbonyl (C=O) groups is 1. The number of nitrogens with two attached hydrogens (primary N) is 1. The third-order valence-corrected chi connectivity index (χ3v) is 6.79. The minimum absolute atomic E-state index is 0.168. The maximum Gasteiger partial charge on any atom is 0.275 e. The number of hydrogen-bond donors (Lipinski definition) is 2. The molecule has 3 aromatic rings. The van der Waals surface area contributed by atoms with Crippen LogP contribution in [-0.2, 0) is 0 Å². The molecule has 1 amide bonds. The highest BCUT2D eigenvalue weighted by Crippen LogP contribution is 2.31. The minimum atomic E-state index is -0.168. The van der Waals surface area contributed by atoms with Crippen LogP contribution in [0.5, 0.6) is 0 Å². The fourth-order valence-electron chi connectivity index (χ4n) is 3.34. The number of hydrogen-bond acceptors (Lipinski definition) is 6. The van der Waals surface area contributed by atoms with Crippen LogP contribution in [0.3, 0.4) is 0 Å². The molecule has 7 heteroatoms. The Labute approximate surface area is 166 Å². The van der Waals surface area contributed by atoms with Gasteiger partial charge in [0.2, 0.25) is 0 Å². The molecule has 1 fully saturated rings. The summed E-state index contributed by atoms with van der Waals surface area (Å²) < 4.78 is 0. The molecule has 1 aliphatic heterocycles. The number of aromatic nitrogens is 1. The van der Waals surface area contributed by atoms with Gasteiger partial charge in [-0.2, -0.15) is 0 Å². The van der Waals surface area contributed by atoms with Gasteiger partial charge in [0, 0.05) is 18.5 Å². The largest absolute Gasteiger partial charge is 0.370 e. The Balaban J connectivity index is 1.49. The highest BCUT2D eigenvalue weighted by Gasteiger charge is 2.21. The van der Waals surface area contributed by atoms with Crippen molar-refractivity contribution in [2.45, 2.75) is 12.8 Å². The van der Waals surface area contributed by atoms with Gasteiger partial charge in [0.05, 0.1) is 16.3 Å². The van der Waals surface area contributed by atoms with Crippen LogP contribution >= 0.6 is 22.7 Å². The van der Waals surface area contributed by atoms with E-state index < -0.39 is 0 Å². The van der Waals surface area contributed by atoms with E-state index in [2.05, 4.69) is 21.3 Å². The smallest absolute Gasteiger partial charge is 0.275 e. The average molecular weight is 399 g/mol. The molecule has 4 rings (SSSR count). The zero-order valence-electron chi connectivity index (χ0n) is 14.9. The van der Waals surface area contributed by atoms with Crippen molar-refractivity contribution in [1.82, 2.24) is 4.98 Å². The first-order valence-electron chi connectivity index (χ1n) is 9.09. The molecule has 0 radical (unpaired) electrons. The number of piperidine rings is 1. The van der Waals surface area contributed by atoms with Crippen molar-refractivity contribution in [1.29, 1.82) is 0 Å². The van der Waals surface area contributed by atoms with Crippen molar-refractivity contribution in [3.8, 4) is 9.88 Å². The monoisotopic (exact) mass is 398 g/mol. The van der Waals surface area contributed by atoms with Gasteiger partial charge in [0.1, 0.15) is 10.7 Å². The number of anilines is 2. The number of nitrogens with zero attached hydrogens (tertiary/aromatic N) is 2. The van der Waals surface area contributed by atoms with Crippen LogP contribution < -0.4 is 16.0 Å². The van der Waals surface area contributed by atoms with E-state index in [1.165, 1.54) is 11.3 Å². The van der Waals surface area contributed by atoms with Gasteiger partial charge in [0.15, 0.2) is 0 Å². The van der Waals surface area contributed by atoms with Crippen LogP contribution in [-0.4, -0.2) is 30.5 Å². The maximum absolute atomic E-state index is 12.7. The van der Waals surface area contributed by atoms with Crippen LogP contribution in [0.15, 0.2) is 47.2 Å². The van der Waals surface area contributed by atoms with E-state index in [1.807, 2.05) is 41.1 Å². The number of para-hydroxylation sites is 2. The van der Waals surface area contributed by atoms with Gasteiger partial charge in [0.25, 0.3) is 5.91 Å². The second-order valence-electron chi connectivity index (χ2n) is 6.65. The summed E-state index contributed by atoms with van der Waals surface area (Å²) in [6.45, 7) is 2.69. The Hall–Kier alpha value is -2.22. The summed E-state index contributed by atoms with van der Waals surface area (Å²) in [5.41, 5.74) is 8.16. The molecule has 0 unspecified atom stereocenters. The molecule has 0 bridgehead atoms. The van der Waals surface area contributed by atoms with Crippen molar-refractivity contribution in [2.24, 2.45) is 11.7 Å². The number of thiazole rings is 1. The summed E-state index contributed by atoms with van der Waals surface area (Å²) >= 11 is 3.13. The molecule has 27 heavy (non-hydrogen) atoms. The first-order chi connectivity index (χ1) is 13.2. The summed E-state index contributed by atoms with van der Waals surface area (Å²) in [6, 6.07) is 12.0. The van der Waals surface area contributed by atoms with Crippen LogP contribution in [0, 0.1) is 5.92 Å². The normalized spacial score (nSPS) is 15.1.